The highest BCUT2D eigenvalue weighted by Crippen LogP contribution is 2.11. The van der Waals surface area contributed by atoms with Crippen molar-refractivity contribution in [3.8, 4) is 6.07 Å². The van der Waals surface area contributed by atoms with Crippen LogP contribution in [0.15, 0.2) is 30.6 Å². The van der Waals surface area contributed by atoms with Gasteiger partial charge in [-0.3, -0.25) is 4.98 Å². The summed E-state index contributed by atoms with van der Waals surface area (Å²) in [5, 5.41) is 14.7. The lowest BCUT2D eigenvalue weighted by Crippen LogP contribution is -2.09. The van der Waals surface area contributed by atoms with Crippen molar-refractivity contribution in [1.82, 2.24) is 15.0 Å². The Kier molecular flexibility index (Phi) is 4.84. The summed E-state index contributed by atoms with van der Waals surface area (Å²) in [6.07, 6.45) is 4.49. The molecular weight excluding hydrogens is 252 g/mol. The minimum atomic E-state index is 0.228. The lowest BCUT2D eigenvalue weighted by molar-refractivity contribution is 0.973. The lowest BCUT2D eigenvalue weighted by atomic mass is 10.2. The predicted octanol–water partition coefficient (Wildman–Crippen LogP) is 1.77. The molecule has 0 saturated carbocycles. The number of rotatable bonds is 6. The van der Waals surface area contributed by atoms with Crippen LogP contribution < -0.4 is 10.6 Å². The summed E-state index contributed by atoms with van der Waals surface area (Å²) in [6, 6.07) is 7.79. The molecule has 2 rings (SSSR count). The largest absolute Gasteiger partial charge is 0.370 e. The Morgan fingerprint density at radius 3 is 2.75 bits per heavy atom. The van der Waals surface area contributed by atoms with Gasteiger partial charge in [-0.2, -0.15) is 5.26 Å². The van der Waals surface area contributed by atoms with Crippen LogP contribution in [0.3, 0.4) is 0 Å². The molecule has 6 nitrogen and oxygen atoms in total. The number of pyridine rings is 1. The van der Waals surface area contributed by atoms with Crippen molar-refractivity contribution >= 4 is 11.6 Å². The zero-order valence-electron chi connectivity index (χ0n) is 11.3. The van der Waals surface area contributed by atoms with E-state index in [9.17, 15) is 0 Å². The van der Waals surface area contributed by atoms with Gasteiger partial charge in [-0.15, -0.1) is 0 Å². The zero-order valence-corrected chi connectivity index (χ0v) is 11.3. The first kappa shape index (κ1) is 13.7. The average molecular weight is 268 g/mol. The second-order valence-corrected chi connectivity index (χ2v) is 4.24. The van der Waals surface area contributed by atoms with Gasteiger partial charge in [0.2, 0.25) is 0 Å². The number of aryl methyl sites for hydroxylation is 1. The maximum atomic E-state index is 8.56. The van der Waals surface area contributed by atoms with Crippen LogP contribution in [0.5, 0.6) is 0 Å². The second kappa shape index (κ2) is 7.04. The number of nitriles is 1. The summed E-state index contributed by atoms with van der Waals surface area (Å²) < 4.78 is 0. The first-order valence-electron chi connectivity index (χ1n) is 6.37. The van der Waals surface area contributed by atoms with Crippen molar-refractivity contribution in [3.63, 3.8) is 0 Å². The Balaban J connectivity index is 1.92. The number of hydrogen-bond acceptors (Lipinski definition) is 6. The zero-order chi connectivity index (χ0) is 14.2. The molecule has 0 atom stereocenters. The van der Waals surface area contributed by atoms with Gasteiger partial charge in [-0.1, -0.05) is 6.07 Å². The fourth-order valence-electron chi connectivity index (χ4n) is 1.76. The molecule has 0 spiro atoms. The van der Waals surface area contributed by atoms with E-state index < -0.39 is 0 Å². The van der Waals surface area contributed by atoms with Gasteiger partial charge in [0.1, 0.15) is 24.0 Å². The number of hydrogen-bond donors (Lipinski definition) is 2. The maximum absolute atomic E-state index is 8.56. The SMILES string of the molecule is Cc1nc(NCC#N)cc(NCCc2cccnc2)n1. The molecule has 0 unspecified atom stereocenters. The van der Waals surface area contributed by atoms with E-state index in [0.29, 0.717) is 11.6 Å². The van der Waals surface area contributed by atoms with E-state index in [0.717, 1.165) is 18.8 Å². The van der Waals surface area contributed by atoms with Crippen molar-refractivity contribution in [3.05, 3.63) is 42.0 Å². The first-order valence-corrected chi connectivity index (χ1v) is 6.37. The molecule has 0 bridgehead atoms. The molecule has 6 heteroatoms. The van der Waals surface area contributed by atoms with Crippen molar-refractivity contribution < 1.29 is 0 Å². The second-order valence-electron chi connectivity index (χ2n) is 4.24. The molecule has 0 saturated heterocycles. The summed E-state index contributed by atoms with van der Waals surface area (Å²) in [5.41, 5.74) is 1.17. The van der Waals surface area contributed by atoms with Crippen LogP contribution >= 0.6 is 0 Å². The smallest absolute Gasteiger partial charge is 0.132 e. The quantitative estimate of drug-likeness (QED) is 0.776. The van der Waals surface area contributed by atoms with Gasteiger partial charge < -0.3 is 10.6 Å². The number of nitrogens with zero attached hydrogens (tertiary/aromatic N) is 4. The van der Waals surface area contributed by atoms with E-state index >= 15 is 0 Å². The van der Waals surface area contributed by atoms with Crippen LogP contribution in [0.25, 0.3) is 0 Å². The molecule has 2 heterocycles. The van der Waals surface area contributed by atoms with Crippen molar-refractivity contribution in [2.45, 2.75) is 13.3 Å². The fraction of sp³-hybridized carbons (Fsp3) is 0.286. The Bertz CT molecular complexity index is 590. The summed E-state index contributed by atoms with van der Waals surface area (Å²) in [4.78, 5) is 12.6. The number of nitrogens with one attached hydrogen (secondary N) is 2. The monoisotopic (exact) mass is 268 g/mol. The van der Waals surface area contributed by atoms with Crippen molar-refractivity contribution in [2.24, 2.45) is 0 Å². The maximum Gasteiger partial charge on any atom is 0.132 e. The van der Waals surface area contributed by atoms with Gasteiger partial charge >= 0.3 is 0 Å². The summed E-state index contributed by atoms with van der Waals surface area (Å²) >= 11 is 0. The molecule has 0 radical (unpaired) electrons. The summed E-state index contributed by atoms with van der Waals surface area (Å²) in [6.45, 7) is 2.81. The van der Waals surface area contributed by atoms with Gasteiger partial charge in [-0.25, -0.2) is 9.97 Å². The highest BCUT2D eigenvalue weighted by molar-refractivity contribution is 5.48. The molecule has 0 amide bonds. The number of anilines is 2. The third-order valence-electron chi connectivity index (χ3n) is 2.63. The molecule has 2 N–H and O–H groups in total. The first-order chi connectivity index (χ1) is 9.78. The van der Waals surface area contributed by atoms with Crippen LogP contribution in [0.1, 0.15) is 11.4 Å². The van der Waals surface area contributed by atoms with Crippen LogP contribution in [0.4, 0.5) is 11.6 Å². The Hall–Kier alpha value is -2.68. The molecular formula is C14H16N6. The molecule has 102 valence electrons. The van der Waals surface area contributed by atoms with E-state index in [-0.39, 0.29) is 6.54 Å². The highest BCUT2D eigenvalue weighted by Gasteiger charge is 2.01. The van der Waals surface area contributed by atoms with E-state index in [2.05, 4.69) is 25.6 Å². The van der Waals surface area contributed by atoms with Crippen LogP contribution in [0, 0.1) is 18.3 Å². The topological polar surface area (TPSA) is 86.5 Å². The molecule has 0 aromatic carbocycles. The van der Waals surface area contributed by atoms with Gasteiger partial charge in [-0.05, 0) is 25.0 Å². The Labute approximate surface area is 117 Å². The lowest BCUT2D eigenvalue weighted by Gasteiger charge is -2.08. The van der Waals surface area contributed by atoms with Crippen LogP contribution in [0.2, 0.25) is 0 Å². The van der Waals surface area contributed by atoms with Crippen molar-refractivity contribution in [2.75, 3.05) is 23.7 Å². The van der Waals surface area contributed by atoms with Gasteiger partial charge in [0.25, 0.3) is 0 Å². The Morgan fingerprint density at radius 1 is 1.25 bits per heavy atom. The molecule has 2 aromatic heterocycles. The van der Waals surface area contributed by atoms with E-state index in [1.54, 1.807) is 12.3 Å². The van der Waals surface area contributed by atoms with Crippen molar-refractivity contribution in [1.29, 1.82) is 5.26 Å². The summed E-state index contributed by atoms with van der Waals surface area (Å²) in [7, 11) is 0. The fourth-order valence-corrected chi connectivity index (χ4v) is 1.76. The highest BCUT2D eigenvalue weighted by atomic mass is 15.1. The minimum Gasteiger partial charge on any atom is -0.370 e. The molecule has 2 aromatic rings. The third kappa shape index (κ3) is 4.21. The molecule has 0 fully saturated rings. The molecule has 0 aliphatic heterocycles. The van der Waals surface area contributed by atoms with Crippen LogP contribution in [-0.4, -0.2) is 28.0 Å². The van der Waals surface area contributed by atoms with E-state index in [1.165, 1.54) is 5.56 Å². The Morgan fingerprint density at radius 2 is 2.05 bits per heavy atom. The molecule has 0 aliphatic carbocycles. The van der Waals surface area contributed by atoms with Gasteiger partial charge in [0.05, 0.1) is 6.07 Å². The predicted molar refractivity (Wildman–Crippen MR) is 77.3 cm³/mol. The van der Waals surface area contributed by atoms with E-state index in [1.807, 2.05) is 31.3 Å². The van der Waals surface area contributed by atoms with Gasteiger partial charge in [0, 0.05) is 25.0 Å². The van der Waals surface area contributed by atoms with Gasteiger partial charge in [0.15, 0.2) is 0 Å². The molecule has 0 aliphatic rings. The standard InChI is InChI=1S/C14H16N6/c1-11-19-13(9-14(20-11)18-8-5-15)17-7-4-12-3-2-6-16-10-12/h2-3,6,9-10H,4,7-8H2,1H3,(H2,17,18,19,20). The van der Waals surface area contributed by atoms with Crippen LogP contribution in [-0.2, 0) is 6.42 Å². The molecule has 20 heavy (non-hydrogen) atoms. The average Bonchev–Trinajstić information content (AvgIpc) is 2.46. The summed E-state index contributed by atoms with van der Waals surface area (Å²) in [5.74, 6) is 2.07. The number of aromatic nitrogens is 3. The third-order valence-corrected chi connectivity index (χ3v) is 2.63. The minimum absolute atomic E-state index is 0.228. The normalized spacial score (nSPS) is 9.80. The van der Waals surface area contributed by atoms with E-state index in [4.69, 9.17) is 5.26 Å².